The van der Waals surface area contributed by atoms with Gasteiger partial charge >= 0.3 is 0 Å². The molecular formula is C27H38N2O4. The second-order valence-electron chi connectivity index (χ2n) is 8.97. The number of rotatable bonds is 11. The van der Waals surface area contributed by atoms with Crippen LogP contribution in [0.25, 0.3) is 0 Å². The summed E-state index contributed by atoms with van der Waals surface area (Å²) in [6, 6.07) is 1.62. The molecule has 1 aromatic carbocycles. The van der Waals surface area contributed by atoms with Crippen LogP contribution in [-0.2, 0) is 12.8 Å². The number of hydrogen-bond donors (Lipinski definition) is 3. The minimum Gasteiger partial charge on any atom is -0.508 e. The van der Waals surface area contributed by atoms with E-state index in [2.05, 4.69) is 37.3 Å². The number of aromatic nitrogens is 1. The van der Waals surface area contributed by atoms with Crippen molar-refractivity contribution in [2.45, 2.75) is 86.5 Å². The van der Waals surface area contributed by atoms with Crippen molar-refractivity contribution < 1.29 is 19.5 Å². The molecule has 180 valence electrons. The third kappa shape index (κ3) is 7.24. The predicted octanol–water partition coefficient (Wildman–Crippen LogP) is 6.92. The van der Waals surface area contributed by atoms with E-state index < -0.39 is 5.91 Å². The lowest BCUT2D eigenvalue weighted by molar-refractivity contribution is 0.102. The van der Waals surface area contributed by atoms with Gasteiger partial charge in [0.15, 0.2) is 0 Å². The molecule has 0 saturated carbocycles. The Bertz CT molecular complexity index is 1030. The molecule has 0 spiro atoms. The highest BCUT2D eigenvalue weighted by molar-refractivity contribution is 6.07. The normalized spacial score (nSPS) is 11.5. The number of phenols is 2. The summed E-state index contributed by atoms with van der Waals surface area (Å²) in [5.41, 5.74) is 5.04. The number of carbonyl (C=O) groups excluding carboxylic acids is 1. The second kappa shape index (κ2) is 12.3. The minimum absolute atomic E-state index is 0.00980. The van der Waals surface area contributed by atoms with Gasteiger partial charge in [-0.2, -0.15) is 0 Å². The van der Waals surface area contributed by atoms with Gasteiger partial charge in [0.05, 0.1) is 11.3 Å². The molecule has 6 nitrogen and oxygen atoms in total. The van der Waals surface area contributed by atoms with E-state index in [1.165, 1.54) is 5.57 Å². The Hall–Kier alpha value is -3.02. The van der Waals surface area contributed by atoms with Crippen LogP contribution in [0.15, 0.2) is 33.9 Å². The Morgan fingerprint density at radius 2 is 1.88 bits per heavy atom. The zero-order valence-corrected chi connectivity index (χ0v) is 20.8. The number of unbranched alkanes of at least 4 members (excludes halogenated alkanes) is 2. The topological polar surface area (TPSA) is 95.6 Å². The van der Waals surface area contributed by atoms with Crippen LogP contribution in [0.2, 0.25) is 0 Å². The quantitative estimate of drug-likeness (QED) is 0.253. The zero-order valence-electron chi connectivity index (χ0n) is 20.8. The average Bonchev–Trinajstić information content (AvgIpc) is 3.05. The highest BCUT2D eigenvalue weighted by Crippen LogP contribution is 2.36. The Balaban J connectivity index is 2.37. The highest BCUT2D eigenvalue weighted by Gasteiger charge is 2.24. The molecule has 33 heavy (non-hydrogen) atoms. The first-order valence-electron chi connectivity index (χ1n) is 11.8. The summed E-state index contributed by atoms with van der Waals surface area (Å²) in [5.74, 6) is -0.373. The van der Waals surface area contributed by atoms with Gasteiger partial charge in [0.1, 0.15) is 11.5 Å². The summed E-state index contributed by atoms with van der Waals surface area (Å²) in [6.45, 7) is 11.9. The van der Waals surface area contributed by atoms with Gasteiger partial charge in [0.25, 0.3) is 5.91 Å². The third-order valence-electron chi connectivity index (χ3n) is 5.87. The number of allylic oxidation sites excluding steroid dienone is 4. The molecule has 0 aliphatic rings. The van der Waals surface area contributed by atoms with Gasteiger partial charge in [-0.3, -0.25) is 10.1 Å². The summed E-state index contributed by atoms with van der Waals surface area (Å²) in [4.78, 5) is 13.2. The minimum atomic E-state index is -0.469. The third-order valence-corrected chi connectivity index (χ3v) is 5.87. The van der Waals surface area contributed by atoms with Crippen LogP contribution < -0.4 is 5.32 Å². The van der Waals surface area contributed by atoms with Crippen molar-refractivity contribution in [3.8, 4) is 11.5 Å². The van der Waals surface area contributed by atoms with Crippen LogP contribution in [-0.4, -0.2) is 21.3 Å². The number of amides is 1. The highest BCUT2D eigenvalue weighted by atomic mass is 16.5. The van der Waals surface area contributed by atoms with Crippen molar-refractivity contribution in [3.63, 3.8) is 0 Å². The summed E-state index contributed by atoms with van der Waals surface area (Å²) in [5, 5.41) is 28.4. The number of nitrogens with zero attached hydrogens (tertiary/aromatic N) is 1. The Morgan fingerprint density at radius 3 is 2.48 bits per heavy atom. The molecular weight excluding hydrogens is 416 g/mol. The molecule has 1 heterocycles. The summed E-state index contributed by atoms with van der Waals surface area (Å²) >= 11 is 0. The van der Waals surface area contributed by atoms with Gasteiger partial charge in [-0.25, -0.2) is 0 Å². The van der Waals surface area contributed by atoms with E-state index in [0.717, 1.165) is 43.2 Å². The maximum absolute atomic E-state index is 13.2. The van der Waals surface area contributed by atoms with Gasteiger partial charge in [-0.05, 0) is 78.4 Å². The summed E-state index contributed by atoms with van der Waals surface area (Å²) in [7, 11) is 0. The molecule has 0 atom stereocenters. The fourth-order valence-electron chi connectivity index (χ4n) is 3.63. The molecule has 0 radical (unpaired) electrons. The fraction of sp³-hybridized carbons (Fsp3) is 0.481. The molecule has 0 unspecified atom stereocenters. The average molecular weight is 455 g/mol. The number of benzene rings is 1. The van der Waals surface area contributed by atoms with Crippen LogP contribution in [0.3, 0.4) is 0 Å². The van der Waals surface area contributed by atoms with E-state index in [0.29, 0.717) is 29.7 Å². The standard InChI is InChI=1S/C27H38N2O4/c1-7-8-9-13-21-16-23(30)22(15-14-18(4)12-10-11-17(2)3)25(31)24(21)26(32)28-27-19(5)20(6)29-33-27/h11,14,16,30-31H,7-10,12-13,15H2,1-6H3,(H,28,32). The van der Waals surface area contributed by atoms with Crippen molar-refractivity contribution in [3.05, 3.63) is 57.3 Å². The molecule has 0 fully saturated rings. The molecule has 0 bridgehead atoms. The Kier molecular flexibility index (Phi) is 9.76. The number of phenolic OH excluding ortho intramolecular Hbond substituents is 2. The van der Waals surface area contributed by atoms with Crippen LogP contribution in [0.4, 0.5) is 5.88 Å². The number of anilines is 1. The number of hydrogen-bond acceptors (Lipinski definition) is 5. The van der Waals surface area contributed by atoms with Gasteiger partial charge in [-0.1, -0.05) is 48.2 Å². The van der Waals surface area contributed by atoms with Crippen molar-refractivity contribution >= 4 is 11.8 Å². The second-order valence-corrected chi connectivity index (χ2v) is 8.97. The molecule has 0 aliphatic heterocycles. The smallest absolute Gasteiger partial charge is 0.262 e. The van der Waals surface area contributed by atoms with Crippen molar-refractivity contribution in [1.82, 2.24) is 5.16 Å². The lowest BCUT2D eigenvalue weighted by Crippen LogP contribution is -2.16. The first kappa shape index (κ1) is 26.2. The molecule has 1 aromatic heterocycles. The largest absolute Gasteiger partial charge is 0.508 e. The molecule has 0 saturated heterocycles. The lowest BCUT2D eigenvalue weighted by Gasteiger charge is -2.16. The summed E-state index contributed by atoms with van der Waals surface area (Å²) < 4.78 is 5.23. The van der Waals surface area contributed by atoms with Crippen LogP contribution in [0.5, 0.6) is 11.5 Å². The van der Waals surface area contributed by atoms with E-state index in [4.69, 9.17) is 4.52 Å². The molecule has 2 aromatic rings. The monoisotopic (exact) mass is 454 g/mol. The van der Waals surface area contributed by atoms with Crippen molar-refractivity contribution in [1.29, 1.82) is 0 Å². The van der Waals surface area contributed by atoms with E-state index >= 15 is 0 Å². The maximum Gasteiger partial charge on any atom is 0.262 e. The van der Waals surface area contributed by atoms with Crippen LogP contribution in [0, 0.1) is 13.8 Å². The van der Waals surface area contributed by atoms with E-state index in [1.54, 1.807) is 13.0 Å². The van der Waals surface area contributed by atoms with Crippen LogP contribution >= 0.6 is 0 Å². The number of aromatic hydroxyl groups is 2. The van der Waals surface area contributed by atoms with Gasteiger partial charge in [-0.15, -0.1) is 0 Å². The van der Waals surface area contributed by atoms with E-state index in [-0.39, 0.29) is 22.9 Å². The van der Waals surface area contributed by atoms with E-state index in [1.807, 2.05) is 19.9 Å². The van der Waals surface area contributed by atoms with Gasteiger partial charge in [0, 0.05) is 11.1 Å². The number of nitrogens with one attached hydrogen (secondary N) is 1. The SMILES string of the molecule is CCCCCc1cc(O)c(CC=C(C)CCC=C(C)C)c(O)c1C(=O)Nc1onc(C)c1C. The molecule has 1 amide bonds. The first-order chi connectivity index (χ1) is 15.6. The van der Waals surface area contributed by atoms with Crippen LogP contribution in [0.1, 0.15) is 92.5 Å². The predicted molar refractivity (Wildman–Crippen MR) is 133 cm³/mol. The number of aryl methyl sites for hydroxylation is 2. The summed E-state index contributed by atoms with van der Waals surface area (Å²) in [6.07, 6.45) is 9.85. The molecule has 3 N–H and O–H groups in total. The fourth-order valence-corrected chi connectivity index (χ4v) is 3.63. The van der Waals surface area contributed by atoms with E-state index in [9.17, 15) is 15.0 Å². The molecule has 6 heteroatoms. The van der Waals surface area contributed by atoms with Gasteiger partial charge < -0.3 is 14.7 Å². The lowest BCUT2D eigenvalue weighted by atomic mass is 9.94. The van der Waals surface area contributed by atoms with Gasteiger partial charge in [0.2, 0.25) is 5.88 Å². The Morgan fingerprint density at radius 1 is 1.15 bits per heavy atom. The maximum atomic E-state index is 13.2. The zero-order chi connectivity index (χ0) is 24.5. The Labute approximate surface area is 197 Å². The molecule has 0 aliphatic carbocycles. The van der Waals surface area contributed by atoms with Crippen molar-refractivity contribution in [2.75, 3.05) is 5.32 Å². The first-order valence-corrected chi connectivity index (χ1v) is 11.8. The molecule has 2 rings (SSSR count). The van der Waals surface area contributed by atoms with Crippen molar-refractivity contribution in [2.24, 2.45) is 0 Å². The number of carbonyl (C=O) groups is 1.